The van der Waals surface area contributed by atoms with Crippen LogP contribution < -0.4 is 0 Å². The van der Waals surface area contributed by atoms with E-state index in [9.17, 15) is 27.7 Å². The van der Waals surface area contributed by atoms with Gasteiger partial charge in [-0.15, -0.1) is 0 Å². The van der Waals surface area contributed by atoms with Gasteiger partial charge >= 0.3 is 5.69 Å². The van der Waals surface area contributed by atoms with Gasteiger partial charge in [-0.3, -0.25) is 10.1 Å². The van der Waals surface area contributed by atoms with E-state index < -0.39 is 39.6 Å². The second-order valence-electron chi connectivity index (χ2n) is 2.40. The molecule has 0 aliphatic heterocycles. The van der Waals surface area contributed by atoms with Crippen LogP contribution in [0.5, 0.6) is 0 Å². The average molecular weight is 236 g/mol. The third-order valence-corrected chi connectivity index (χ3v) is 1.55. The third kappa shape index (κ3) is 1.61. The van der Waals surface area contributed by atoms with Gasteiger partial charge in [-0.25, -0.2) is 13.2 Å². The Morgan fingerprint density at radius 1 is 1.12 bits per heavy atom. The Kier molecular flexibility index (Phi) is 2.95. The van der Waals surface area contributed by atoms with Crippen LogP contribution in [0.25, 0.3) is 10.4 Å². The maximum atomic E-state index is 12.9. The van der Waals surface area contributed by atoms with Gasteiger partial charge in [0.1, 0.15) is 0 Å². The highest BCUT2D eigenvalue weighted by Gasteiger charge is 2.32. The first-order valence-corrected chi connectivity index (χ1v) is 3.47. The molecule has 0 amide bonds. The second kappa shape index (κ2) is 4.03. The molecular formula is C6F4N4O2. The maximum absolute atomic E-state index is 12.9. The summed E-state index contributed by atoms with van der Waals surface area (Å²) in [7, 11) is 0. The van der Waals surface area contributed by atoms with Crippen LogP contribution in [-0.4, -0.2) is 4.92 Å². The molecule has 0 bridgehead atoms. The minimum Gasteiger partial charge on any atom is -0.258 e. The molecule has 0 N–H and O–H groups in total. The molecule has 0 atom stereocenters. The van der Waals surface area contributed by atoms with Crippen LogP contribution in [0.3, 0.4) is 0 Å². The molecule has 84 valence electrons. The zero-order valence-electron chi connectivity index (χ0n) is 7.12. The fourth-order valence-corrected chi connectivity index (χ4v) is 0.911. The number of azide groups is 1. The van der Waals surface area contributed by atoms with Crippen molar-refractivity contribution in [3.8, 4) is 0 Å². The predicted molar refractivity (Wildman–Crippen MR) is 41.7 cm³/mol. The average Bonchev–Trinajstić information content (AvgIpc) is 2.23. The van der Waals surface area contributed by atoms with Crippen molar-refractivity contribution in [2.75, 3.05) is 0 Å². The van der Waals surface area contributed by atoms with Crippen molar-refractivity contribution in [2.24, 2.45) is 5.11 Å². The van der Waals surface area contributed by atoms with Crippen LogP contribution in [0.1, 0.15) is 0 Å². The van der Waals surface area contributed by atoms with Crippen LogP contribution in [0.2, 0.25) is 0 Å². The molecule has 16 heavy (non-hydrogen) atoms. The van der Waals surface area contributed by atoms with Crippen LogP contribution in [0.4, 0.5) is 28.9 Å². The number of rotatable bonds is 2. The summed E-state index contributed by atoms with van der Waals surface area (Å²) in [4.78, 5) is 10.7. The maximum Gasteiger partial charge on any atom is 0.320 e. The van der Waals surface area contributed by atoms with Crippen LogP contribution >= 0.6 is 0 Å². The fraction of sp³-hybridized carbons (Fsp3) is 0. The Hall–Kier alpha value is -2.35. The lowest BCUT2D eigenvalue weighted by molar-refractivity contribution is -0.387. The third-order valence-electron chi connectivity index (χ3n) is 1.55. The highest BCUT2D eigenvalue weighted by atomic mass is 19.2. The minimum absolute atomic E-state index is 1.52. The molecule has 1 aromatic rings. The molecular weight excluding hydrogens is 236 g/mol. The normalized spacial score (nSPS) is 9.75. The molecule has 10 heteroatoms. The Labute approximate surface area is 83.9 Å². The number of benzene rings is 1. The molecule has 1 rings (SSSR count). The SMILES string of the molecule is [N-]=[N+]=Nc1c(F)c(F)c(F)c(F)c1[N+](=O)[O-]. The smallest absolute Gasteiger partial charge is 0.258 e. The van der Waals surface area contributed by atoms with Crippen molar-refractivity contribution in [3.05, 3.63) is 43.8 Å². The first-order chi connectivity index (χ1) is 7.41. The van der Waals surface area contributed by atoms with Crippen molar-refractivity contribution < 1.29 is 22.5 Å². The van der Waals surface area contributed by atoms with Crippen LogP contribution in [0, 0.1) is 33.4 Å². The summed E-state index contributed by atoms with van der Waals surface area (Å²) in [6, 6.07) is 0. The molecule has 1 aromatic carbocycles. The molecule has 0 aromatic heterocycles. The Morgan fingerprint density at radius 3 is 2.06 bits per heavy atom. The van der Waals surface area contributed by atoms with Gasteiger partial charge in [0.05, 0.1) is 4.92 Å². The molecule has 0 radical (unpaired) electrons. The summed E-state index contributed by atoms with van der Waals surface area (Å²) in [5.41, 5.74) is 4.64. The van der Waals surface area contributed by atoms with Gasteiger partial charge in [0.25, 0.3) is 0 Å². The van der Waals surface area contributed by atoms with Crippen molar-refractivity contribution >= 4 is 11.4 Å². The van der Waals surface area contributed by atoms with E-state index in [2.05, 4.69) is 5.11 Å². The molecule has 0 aliphatic carbocycles. The van der Waals surface area contributed by atoms with Gasteiger partial charge in [0.2, 0.25) is 11.6 Å². The highest BCUT2D eigenvalue weighted by Crippen LogP contribution is 2.36. The van der Waals surface area contributed by atoms with Gasteiger partial charge in [0, 0.05) is 4.91 Å². The molecule has 0 saturated heterocycles. The largest absolute Gasteiger partial charge is 0.320 e. The monoisotopic (exact) mass is 236 g/mol. The lowest BCUT2D eigenvalue weighted by atomic mass is 10.2. The predicted octanol–water partition coefficient (Wildman–Crippen LogP) is 3.09. The van der Waals surface area contributed by atoms with E-state index in [0.717, 1.165) is 0 Å². The topological polar surface area (TPSA) is 91.9 Å². The lowest BCUT2D eigenvalue weighted by Gasteiger charge is -2.02. The van der Waals surface area contributed by atoms with Crippen molar-refractivity contribution in [1.29, 1.82) is 0 Å². The highest BCUT2D eigenvalue weighted by molar-refractivity contribution is 5.59. The second-order valence-corrected chi connectivity index (χ2v) is 2.40. The van der Waals surface area contributed by atoms with Crippen molar-refractivity contribution in [2.45, 2.75) is 0 Å². The molecule has 0 spiro atoms. The number of nitro groups is 1. The number of hydrogen-bond donors (Lipinski definition) is 0. The fourth-order valence-electron chi connectivity index (χ4n) is 0.911. The zero-order valence-corrected chi connectivity index (χ0v) is 7.12. The Balaban J connectivity index is 3.82. The first-order valence-electron chi connectivity index (χ1n) is 3.47. The van der Waals surface area contributed by atoms with Crippen LogP contribution in [0.15, 0.2) is 5.11 Å². The lowest BCUT2D eigenvalue weighted by Crippen LogP contribution is -2.02. The molecule has 0 aliphatic rings. The first kappa shape index (κ1) is 11.7. The zero-order chi connectivity index (χ0) is 12.5. The van der Waals surface area contributed by atoms with E-state index in [1.807, 2.05) is 4.91 Å². The van der Waals surface area contributed by atoms with E-state index in [1.165, 1.54) is 0 Å². The van der Waals surface area contributed by atoms with E-state index in [4.69, 9.17) is 5.53 Å². The van der Waals surface area contributed by atoms with Crippen molar-refractivity contribution in [3.63, 3.8) is 0 Å². The summed E-state index contributed by atoms with van der Waals surface area (Å²) in [5, 5.41) is 12.7. The number of hydrogen-bond acceptors (Lipinski definition) is 3. The van der Waals surface area contributed by atoms with Gasteiger partial charge < -0.3 is 0 Å². The number of halogens is 4. The quantitative estimate of drug-likeness (QED) is 0.115. The molecule has 0 fully saturated rings. The summed E-state index contributed by atoms with van der Waals surface area (Å²) in [6.45, 7) is 0. The van der Waals surface area contributed by atoms with E-state index in [1.54, 1.807) is 0 Å². The van der Waals surface area contributed by atoms with E-state index in [0.29, 0.717) is 0 Å². The number of nitro benzene ring substituents is 1. The summed E-state index contributed by atoms with van der Waals surface area (Å²) >= 11 is 0. The molecule has 0 unspecified atom stereocenters. The van der Waals surface area contributed by atoms with Gasteiger partial charge in [0.15, 0.2) is 17.3 Å². The number of nitrogens with zero attached hydrogens (tertiary/aromatic N) is 4. The van der Waals surface area contributed by atoms with Gasteiger partial charge in [-0.2, -0.15) is 4.39 Å². The molecule has 0 heterocycles. The summed E-state index contributed by atoms with van der Waals surface area (Å²) < 4.78 is 51.0. The standard InChI is InChI=1S/C6F4N4O2/c7-1-2(8)4(10)6(14(15)16)5(3(1)9)12-13-11. The Bertz CT molecular complexity index is 493. The van der Waals surface area contributed by atoms with Gasteiger partial charge in [-0.05, 0) is 5.53 Å². The Morgan fingerprint density at radius 2 is 1.62 bits per heavy atom. The minimum atomic E-state index is -2.35. The van der Waals surface area contributed by atoms with E-state index >= 15 is 0 Å². The van der Waals surface area contributed by atoms with Gasteiger partial charge in [-0.1, -0.05) is 5.11 Å². The summed E-state index contributed by atoms with van der Waals surface area (Å²) in [5.74, 6) is -8.98. The molecule has 0 saturated carbocycles. The van der Waals surface area contributed by atoms with Crippen LogP contribution in [-0.2, 0) is 0 Å². The van der Waals surface area contributed by atoms with Crippen molar-refractivity contribution in [1.82, 2.24) is 0 Å². The summed E-state index contributed by atoms with van der Waals surface area (Å²) in [6.07, 6.45) is 0. The molecule has 6 nitrogen and oxygen atoms in total. The van der Waals surface area contributed by atoms with E-state index in [-0.39, 0.29) is 0 Å².